The molecule has 3 rings (SSSR count). The number of aryl methyl sites for hydroxylation is 2. The molecular weight excluding hydrogens is 364 g/mol. The van der Waals surface area contributed by atoms with Gasteiger partial charge in [0.1, 0.15) is 11.5 Å². The van der Waals surface area contributed by atoms with E-state index in [1.54, 1.807) is 20.4 Å². The summed E-state index contributed by atoms with van der Waals surface area (Å²) in [5.41, 5.74) is 5.95. The quantitative estimate of drug-likeness (QED) is 0.450. The van der Waals surface area contributed by atoms with E-state index >= 15 is 0 Å². The average Bonchev–Trinajstić information content (AvgIpc) is 2.75. The van der Waals surface area contributed by atoms with Crippen LogP contribution < -0.4 is 14.9 Å². The highest BCUT2D eigenvalue weighted by molar-refractivity contribution is 6.02. The van der Waals surface area contributed by atoms with E-state index in [-0.39, 0.29) is 5.91 Å². The van der Waals surface area contributed by atoms with Crippen molar-refractivity contribution in [3.8, 4) is 11.5 Å². The van der Waals surface area contributed by atoms with Crippen LogP contribution in [-0.2, 0) is 11.2 Å². The maximum atomic E-state index is 12.1. The standard InChI is InChI=1S/C24H26N2O3/c1-17-15-20(28-2)13-11-18(17)7-6-10-24(27)26-25-16-19-12-14-23(29-3)22-9-5-4-8-21(19)22/h4-5,8-9,11-16H,6-7,10H2,1-3H3,(H,26,27)/b25-16-. The maximum Gasteiger partial charge on any atom is 0.240 e. The molecule has 0 fully saturated rings. The first-order valence-corrected chi connectivity index (χ1v) is 9.63. The number of hydrogen-bond acceptors (Lipinski definition) is 4. The largest absolute Gasteiger partial charge is 0.497 e. The molecule has 0 aromatic heterocycles. The molecule has 0 unspecified atom stereocenters. The SMILES string of the molecule is COc1ccc(CCCC(=O)N/N=C\c2ccc(OC)c3ccccc23)c(C)c1. The van der Waals surface area contributed by atoms with Gasteiger partial charge in [-0.3, -0.25) is 4.79 Å². The zero-order valence-corrected chi connectivity index (χ0v) is 17.1. The summed E-state index contributed by atoms with van der Waals surface area (Å²) in [4.78, 5) is 12.1. The lowest BCUT2D eigenvalue weighted by atomic mass is 10.0. The molecule has 150 valence electrons. The van der Waals surface area contributed by atoms with Crippen molar-refractivity contribution in [3.05, 3.63) is 71.3 Å². The molecule has 0 radical (unpaired) electrons. The van der Waals surface area contributed by atoms with Gasteiger partial charge < -0.3 is 9.47 Å². The lowest BCUT2D eigenvalue weighted by Crippen LogP contribution is -2.17. The number of hydrazone groups is 1. The number of benzene rings is 3. The Morgan fingerprint density at radius 2 is 1.83 bits per heavy atom. The topological polar surface area (TPSA) is 59.9 Å². The first kappa shape index (κ1) is 20.4. The molecule has 3 aromatic carbocycles. The second-order valence-electron chi connectivity index (χ2n) is 6.84. The number of methoxy groups -OCH3 is 2. The van der Waals surface area contributed by atoms with Crippen molar-refractivity contribution in [2.24, 2.45) is 5.10 Å². The Labute approximate surface area is 171 Å². The number of fused-ring (bicyclic) bond motifs is 1. The Morgan fingerprint density at radius 3 is 2.55 bits per heavy atom. The van der Waals surface area contributed by atoms with Crippen molar-refractivity contribution in [1.29, 1.82) is 0 Å². The van der Waals surface area contributed by atoms with E-state index in [2.05, 4.69) is 23.5 Å². The van der Waals surface area contributed by atoms with Crippen LogP contribution in [-0.4, -0.2) is 26.3 Å². The zero-order valence-electron chi connectivity index (χ0n) is 17.1. The van der Waals surface area contributed by atoms with Crippen LogP contribution in [0.1, 0.15) is 29.5 Å². The lowest BCUT2D eigenvalue weighted by molar-refractivity contribution is -0.121. The average molecular weight is 390 g/mol. The van der Waals surface area contributed by atoms with E-state index in [1.807, 2.05) is 48.5 Å². The molecule has 0 saturated carbocycles. The van der Waals surface area contributed by atoms with Gasteiger partial charge in [0.15, 0.2) is 0 Å². The molecule has 29 heavy (non-hydrogen) atoms. The normalized spacial score (nSPS) is 11.0. The molecule has 0 aliphatic carbocycles. The fourth-order valence-corrected chi connectivity index (χ4v) is 3.33. The third-order valence-corrected chi connectivity index (χ3v) is 4.93. The van der Waals surface area contributed by atoms with Gasteiger partial charge in [-0.25, -0.2) is 5.43 Å². The third kappa shape index (κ3) is 5.13. The second-order valence-corrected chi connectivity index (χ2v) is 6.84. The number of carbonyl (C=O) groups excluding carboxylic acids is 1. The van der Waals surface area contributed by atoms with Crippen molar-refractivity contribution in [2.75, 3.05) is 14.2 Å². The van der Waals surface area contributed by atoms with Gasteiger partial charge >= 0.3 is 0 Å². The molecule has 3 aromatic rings. The summed E-state index contributed by atoms with van der Waals surface area (Å²) in [6.45, 7) is 2.06. The van der Waals surface area contributed by atoms with Crippen LogP contribution in [0.5, 0.6) is 11.5 Å². The summed E-state index contributed by atoms with van der Waals surface area (Å²) in [6, 6.07) is 17.8. The van der Waals surface area contributed by atoms with Crippen LogP contribution in [0.2, 0.25) is 0 Å². The van der Waals surface area contributed by atoms with Crippen LogP contribution in [0.4, 0.5) is 0 Å². The third-order valence-electron chi connectivity index (χ3n) is 4.93. The predicted octanol–water partition coefficient (Wildman–Crippen LogP) is 4.64. The molecular formula is C24H26N2O3. The van der Waals surface area contributed by atoms with Gasteiger partial charge in [0.2, 0.25) is 5.91 Å². The van der Waals surface area contributed by atoms with Gasteiger partial charge in [-0.1, -0.05) is 30.3 Å². The number of rotatable bonds is 8. The molecule has 0 saturated heterocycles. The van der Waals surface area contributed by atoms with Gasteiger partial charge in [-0.05, 0) is 60.5 Å². The highest BCUT2D eigenvalue weighted by atomic mass is 16.5. The Bertz CT molecular complexity index is 1030. The minimum absolute atomic E-state index is 0.0924. The summed E-state index contributed by atoms with van der Waals surface area (Å²) in [6.07, 6.45) is 3.70. The number of amides is 1. The number of nitrogens with zero attached hydrogens (tertiary/aromatic N) is 1. The van der Waals surface area contributed by atoms with Crippen LogP contribution in [0.25, 0.3) is 10.8 Å². The molecule has 0 aliphatic rings. The number of hydrogen-bond donors (Lipinski definition) is 1. The molecule has 5 nitrogen and oxygen atoms in total. The van der Waals surface area contributed by atoms with E-state index in [0.717, 1.165) is 40.7 Å². The molecule has 1 N–H and O–H groups in total. The smallest absolute Gasteiger partial charge is 0.240 e. The summed E-state index contributed by atoms with van der Waals surface area (Å²) in [5, 5.41) is 6.17. The minimum atomic E-state index is -0.0924. The summed E-state index contributed by atoms with van der Waals surface area (Å²) < 4.78 is 10.6. The first-order valence-electron chi connectivity index (χ1n) is 9.63. The molecule has 1 amide bonds. The monoisotopic (exact) mass is 390 g/mol. The Kier molecular flexibility index (Phi) is 6.85. The zero-order chi connectivity index (χ0) is 20.6. The molecule has 0 spiro atoms. The van der Waals surface area contributed by atoms with Crippen LogP contribution in [0, 0.1) is 6.92 Å². The molecule has 0 heterocycles. The highest BCUT2D eigenvalue weighted by Gasteiger charge is 2.06. The van der Waals surface area contributed by atoms with Crippen LogP contribution in [0.3, 0.4) is 0 Å². The van der Waals surface area contributed by atoms with Gasteiger partial charge in [0.05, 0.1) is 20.4 Å². The molecule has 0 bridgehead atoms. The Balaban J connectivity index is 1.55. The molecule has 0 aliphatic heterocycles. The first-order chi connectivity index (χ1) is 14.1. The molecule has 0 atom stereocenters. The second kappa shape index (κ2) is 9.73. The Morgan fingerprint density at radius 1 is 1.03 bits per heavy atom. The van der Waals surface area contributed by atoms with E-state index in [0.29, 0.717) is 6.42 Å². The van der Waals surface area contributed by atoms with Crippen LogP contribution in [0.15, 0.2) is 59.7 Å². The maximum absolute atomic E-state index is 12.1. The van der Waals surface area contributed by atoms with E-state index < -0.39 is 0 Å². The minimum Gasteiger partial charge on any atom is -0.497 e. The predicted molar refractivity (Wildman–Crippen MR) is 117 cm³/mol. The van der Waals surface area contributed by atoms with E-state index in [9.17, 15) is 4.79 Å². The van der Waals surface area contributed by atoms with Gasteiger partial charge in [-0.2, -0.15) is 5.10 Å². The number of ether oxygens (including phenoxy) is 2. The fraction of sp³-hybridized carbons (Fsp3) is 0.250. The molecule has 5 heteroatoms. The fourth-order valence-electron chi connectivity index (χ4n) is 3.33. The van der Waals surface area contributed by atoms with E-state index in [4.69, 9.17) is 9.47 Å². The van der Waals surface area contributed by atoms with Crippen molar-refractivity contribution in [1.82, 2.24) is 5.43 Å². The lowest BCUT2D eigenvalue weighted by Gasteiger charge is -2.08. The van der Waals surface area contributed by atoms with Gasteiger partial charge in [-0.15, -0.1) is 0 Å². The van der Waals surface area contributed by atoms with E-state index in [1.165, 1.54) is 11.1 Å². The van der Waals surface area contributed by atoms with Crippen molar-refractivity contribution < 1.29 is 14.3 Å². The number of nitrogens with one attached hydrogen (secondary N) is 1. The summed E-state index contributed by atoms with van der Waals surface area (Å²) >= 11 is 0. The number of carbonyl (C=O) groups is 1. The van der Waals surface area contributed by atoms with Crippen molar-refractivity contribution >= 4 is 22.9 Å². The van der Waals surface area contributed by atoms with Gasteiger partial charge in [0.25, 0.3) is 0 Å². The Hall–Kier alpha value is -3.34. The van der Waals surface area contributed by atoms with Crippen molar-refractivity contribution in [3.63, 3.8) is 0 Å². The summed E-state index contributed by atoms with van der Waals surface area (Å²) in [5.74, 6) is 1.57. The highest BCUT2D eigenvalue weighted by Crippen LogP contribution is 2.27. The van der Waals surface area contributed by atoms with Crippen molar-refractivity contribution in [2.45, 2.75) is 26.2 Å². The summed E-state index contributed by atoms with van der Waals surface area (Å²) in [7, 11) is 3.32. The van der Waals surface area contributed by atoms with Crippen LogP contribution >= 0.6 is 0 Å². The van der Waals surface area contributed by atoms with Gasteiger partial charge in [0, 0.05) is 17.4 Å².